The molecular formula is C30H30N4O6S2. The monoisotopic (exact) mass is 606 g/mol. The van der Waals surface area contributed by atoms with Crippen LogP contribution in [-0.2, 0) is 22.7 Å². The zero-order valence-corrected chi connectivity index (χ0v) is 24.7. The van der Waals surface area contributed by atoms with Crippen LogP contribution in [0.5, 0.6) is 11.5 Å². The van der Waals surface area contributed by atoms with E-state index in [1.807, 2.05) is 13.8 Å². The Morgan fingerprint density at radius 2 is 0.952 bits per heavy atom. The predicted molar refractivity (Wildman–Crippen MR) is 164 cm³/mol. The van der Waals surface area contributed by atoms with E-state index >= 15 is 0 Å². The van der Waals surface area contributed by atoms with Crippen molar-refractivity contribution >= 4 is 57.2 Å². The number of rotatable bonds is 12. The van der Waals surface area contributed by atoms with Gasteiger partial charge in [-0.05, 0) is 97.0 Å². The number of hydrogen-bond donors (Lipinski definition) is 2. The summed E-state index contributed by atoms with van der Waals surface area (Å²) in [6.45, 7) is 5.18. The SMILES string of the molecule is CCOc1ccc(N[C@@H]2SC(=O)N(Cc3ccc(CN4C(=O)S[C@H](Nc5ccc(OCC)cc5)C4=O)cc3)C2=O)cc1. The molecule has 42 heavy (non-hydrogen) atoms. The van der Waals surface area contributed by atoms with E-state index < -0.39 is 10.7 Å². The molecule has 2 aliphatic heterocycles. The fourth-order valence-electron chi connectivity index (χ4n) is 4.41. The van der Waals surface area contributed by atoms with Crippen LogP contribution in [0.25, 0.3) is 0 Å². The molecule has 2 saturated heterocycles. The van der Waals surface area contributed by atoms with Gasteiger partial charge in [-0.1, -0.05) is 24.3 Å². The van der Waals surface area contributed by atoms with Crippen LogP contribution in [0.4, 0.5) is 21.0 Å². The number of amides is 4. The number of ether oxygens (including phenoxy) is 2. The number of nitrogens with one attached hydrogen (secondary N) is 2. The number of imide groups is 2. The molecule has 0 unspecified atom stereocenters. The number of nitrogens with zero attached hydrogens (tertiary/aromatic N) is 2. The highest BCUT2D eigenvalue weighted by atomic mass is 32.2. The van der Waals surface area contributed by atoms with E-state index in [1.165, 1.54) is 9.80 Å². The molecule has 0 bridgehead atoms. The summed E-state index contributed by atoms with van der Waals surface area (Å²) in [5.74, 6) is 0.818. The molecule has 3 aromatic rings. The molecule has 10 nitrogen and oxygen atoms in total. The Morgan fingerprint density at radius 3 is 1.29 bits per heavy atom. The lowest BCUT2D eigenvalue weighted by atomic mass is 10.1. The van der Waals surface area contributed by atoms with Gasteiger partial charge < -0.3 is 20.1 Å². The number of carbonyl (C=O) groups is 4. The second kappa shape index (κ2) is 13.2. The summed E-state index contributed by atoms with van der Waals surface area (Å²) in [4.78, 5) is 53.6. The van der Waals surface area contributed by atoms with Crippen LogP contribution in [0.1, 0.15) is 25.0 Å². The Labute approximate surface area is 252 Å². The first kappa shape index (κ1) is 29.3. The van der Waals surface area contributed by atoms with Crippen LogP contribution in [0.2, 0.25) is 0 Å². The Bertz CT molecular complexity index is 1340. The average molecular weight is 607 g/mol. The Kier molecular flexibility index (Phi) is 9.23. The maximum atomic E-state index is 13.0. The highest BCUT2D eigenvalue weighted by molar-refractivity contribution is 8.15. The average Bonchev–Trinajstić information content (AvgIpc) is 3.40. The zero-order chi connectivity index (χ0) is 29.6. The smallest absolute Gasteiger partial charge is 0.291 e. The maximum Gasteiger partial charge on any atom is 0.291 e. The molecule has 2 fully saturated rings. The van der Waals surface area contributed by atoms with Gasteiger partial charge in [0.25, 0.3) is 22.3 Å². The van der Waals surface area contributed by atoms with E-state index in [9.17, 15) is 19.2 Å². The highest BCUT2D eigenvalue weighted by Crippen LogP contribution is 2.32. The summed E-state index contributed by atoms with van der Waals surface area (Å²) in [7, 11) is 0. The van der Waals surface area contributed by atoms with Crippen molar-refractivity contribution < 1.29 is 28.7 Å². The highest BCUT2D eigenvalue weighted by Gasteiger charge is 2.41. The van der Waals surface area contributed by atoms with Crippen molar-refractivity contribution in [1.29, 1.82) is 0 Å². The maximum absolute atomic E-state index is 13.0. The first-order valence-corrected chi connectivity index (χ1v) is 15.2. The van der Waals surface area contributed by atoms with Crippen LogP contribution < -0.4 is 20.1 Å². The van der Waals surface area contributed by atoms with Gasteiger partial charge in [-0.15, -0.1) is 0 Å². The Morgan fingerprint density at radius 1 is 0.595 bits per heavy atom. The summed E-state index contributed by atoms with van der Waals surface area (Å²) in [6, 6.07) is 21.6. The molecule has 5 rings (SSSR count). The van der Waals surface area contributed by atoms with Crippen molar-refractivity contribution in [1.82, 2.24) is 9.80 Å². The number of thioether (sulfide) groups is 2. The van der Waals surface area contributed by atoms with Gasteiger partial charge in [0.15, 0.2) is 10.7 Å². The van der Waals surface area contributed by atoms with E-state index in [-0.39, 0.29) is 35.4 Å². The number of anilines is 2. The fourth-order valence-corrected chi connectivity index (χ4v) is 6.22. The minimum absolute atomic E-state index is 0.123. The number of carbonyl (C=O) groups excluding carboxylic acids is 4. The van der Waals surface area contributed by atoms with E-state index in [1.54, 1.807) is 72.8 Å². The third kappa shape index (κ3) is 6.82. The van der Waals surface area contributed by atoms with Crippen LogP contribution in [0.15, 0.2) is 72.8 Å². The van der Waals surface area contributed by atoms with E-state index in [2.05, 4.69) is 10.6 Å². The summed E-state index contributed by atoms with van der Waals surface area (Å²) in [5, 5.41) is 4.11. The van der Waals surface area contributed by atoms with Gasteiger partial charge in [-0.3, -0.25) is 29.0 Å². The molecule has 2 atom stereocenters. The molecular weight excluding hydrogens is 576 g/mol. The number of benzene rings is 3. The Balaban J connectivity index is 1.15. The van der Waals surface area contributed by atoms with Crippen molar-refractivity contribution in [3.8, 4) is 11.5 Å². The Hall–Kier alpha value is -4.16. The minimum atomic E-state index is -0.719. The fraction of sp³-hybridized carbons (Fsp3) is 0.267. The molecule has 0 spiro atoms. The number of hydrogen-bond acceptors (Lipinski definition) is 10. The zero-order valence-electron chi connectivity index (χ0n) is 23.1. The lowest BCUT2D eigenvalue weighted by molar-refractivity contribution is -0.127. The quantitative estimate of drug-likeness (QED) is 0.264. The van der Waals surface area contributed by atoms with Crippen LogP contribution in [0, 0.1) is 0 Å². The lowest BCUT2D eigenvalue weighted by Crippen LogP contribution is -2.34. The molecule has 0 saturated carbocycles. The predicted octanol–water partition coefficient (Wildman–Crippen LogP) is 5.75. The summed E-state index contributed by atoms with van der Waals surface area (Å²) in [6.07, 6.45) is 0. The normalized spacial score (nSPS) is 18.5. The molecule has 0 aliphatic carbocycles. The van der Waals surface area contributed by atoms with Crippen molar-refractivity contribution in [3.05, 3.63) is 83.9 Å². The first-order chi connectivity index (χ1) is 20.3. The van der Waals surface area contributed by atoms with Gasteiger partial charge in [0.05, 0.1) is 26.3 Å². The second-order valence-corrected chi connectivity index (χ2v) is 11.5. The minimum Gasteiger partial charge on any atom is -0.494 e. The molecule has 0 aromatic heterocycles. The first-order valence-electron chi connectivity index (χ1n) is 13.4. The molecule has 4 amide bonds. The molecule has 2 N–H and O–H groups in total. The van der Waals surface area contributed by atoms with E-state index in [0.29, 0.717) is 24.6 Å². The molecule has 2 aliphatic rings. The van der Waals surface area contributed by atoms with Crippen LogP contribution in [0.3, 0.4) is 0 Å². The molecule has 218 valence electrons. The van der Waals surface area contributed by atoms with Gasteiger partial charge in [-0.2, -0.15) is 0 Å². The standard InChI is InChI=1S/C30H30N4O6S2/c1-3-39-23-13-9-21(10-14-23)31-25-27(35)33(29(37)41-25)17-19-5-7-20(8-6-19)18-34-28(36)26(42-30(34)38)32-22-11-15-24(16-12-22)40-4-2/h5-16,25-26,31-32H,3-4,17-18H2,1-2H3/t25-,26+. The lowest BCUT2D eigenvalue weighted by Gasteiger charge is -2.17. The van der Waals surface area contributed by atoms with Gasteiger partial charge in [0, 0.05) is 11.4 Å². The molecule has 3 aromatic carbocycles. The largest absolute Gasteiger partial charge is 0.494 e. The van der Waals surface area contributed by atoms with Crippen molar-refractivity contribution in [2.24, 2.45) is 0 Å². The summed E-state index contributed by atoms with van der Waals surface area (Å²) >= 11 is 1.88. The van der Waals surface area contributed by atoms with Gasteiger partial charge >= 0.3 is 0 Å². The topological polar surface area (TPSA) is 117 Å². The van der Waals surface area contributed by atoms with E-state index in [4.69, 9.17) is 9.47 Å². The van der Waals surface area contributed by atoms with Crippen molar-refractivity contribution in [2.45, 2.75) is 37.7 Å². The summed E-state index contributed by atoms with van der Waals surface area (Å²) < 4.78 is 10.9. The molecule has 12 heteroatoms. The van der Waals surface area contributed by atoms with Gasteiger partial charge in [0.2, 0.25) is 0 Å². The second-order valence-electron chi connectivity index (χ2n) is 9.40. The third-order valence-electron chi connectivity index (χ3n) is 6.49. The molecule has 2 heterocycles. The van der Waals surface area contributed by atoms with Crippen molar-refractivity contribution in [3.63, 3.8) is 0 Å². The van der Waals surface area contributed by atoms with Gasteiger partial charge in [-0.25, -0.2) is 0 Å². The molecule has 0 radical (unpaired) electrons. The van der Waals surface area contributed by atoms with E-state index in [0.717, 1.165) is 46.1 Å². The summed E-state index contributed by atoms with van der Waals surface area (Å²) in [5.41, 5.74) is 2.94. The van der Waals surface area contributed by atoms with Crippen LogP contribution >= 0.6 is 23.5 Å². The van der Waals surface area contributed by atoms with Crippen molar-refractivity contribution in [2.75, 3.05) is 23.8 Å². The van der Waals surface area contributed by atoms with Crippen LogP contribution in [-0.4, -0.2) is 56.1 Å². The third-order valence-corrected chi connectivity index (χ3v) is 8.44. The van der Waals surface area contributed by atoms with Gasteiger partial charge in [0.1, 0.15) is 11.5 Å².